The van der Waals surface area contributed by atoms with Gasteiger partial charge in [0.1, 0.15) is 5.82 Å². The topological polar surface area (TPSA) is 75.6 Å². The maximum Gasteiger partial charge on any atom is 0.258 e. The van der Waals surface area contributed by atoms with Crippen molar-refractivity contribution in [1.82, 2.24) is 19.5 Å². The third-order valence-electron chi connectivity index (χ3n) is 5.58. The predicted molar refractivity (Wildman–Crippen MR) is 129 cm³/mol. The number of anilines is 1. The Bertz CT molecular complexity index is 1420. The van der Waals surface area contributed by atoms with E-state index in [1.807, 2.05) is 36.0 Å². The average molecular weight is 478 g/mol. The van der Waals surface area contributed by atoms with E-state index in [-0.39, 0.29) is 17.0 Å². The molecule has 0 amide bonds. The van der Waals surface area contributed by atoms with Crippen LogP contribution in [-0.2, 0) is 7.05 Å². The smallest absolute Gasteiger partial charge is 0.258 e. The molecule has 7 heteroatoms. The van der Waals surface area contributed by atoms with E-state index >= 15 is 0 Å². The second kappa shape index (κ2) is 7.86. The first-order valence-corrected chi connectivity index (χ1v) is 10.8. The van der Waals surface area contributed by atoms with Crippen LogP contribution in [0.1, 0.15) is 39.1 Å². The average Bonchev–Trinajstić information content (AvgIpc) is 3.11. The molecule has 2 N–H and O–H groups in total. The molecule has 4 aromatic rings. The summed E-state index contributed by atoms with van der Waals surface area (Å²) in [7, 11) is 1.89. The van der Waals surface area contributed by atoms with E-state index in [2.05, 4.69) is 70.8 Å². The fraction of sp³-hybridized carbons (Fsp3) is 0.292. The lowest BCUT2D eigenvalue weighted by molar-refractivity contribution is 0.359. The number of rotatable bonds is 2. The molecule has 1 aromatic carbocycles. The summed E-state index contributed by atoms with van der Waals surface area (Å²) in [5.74, 6) is 7.60. The third-order valence-corrected chi connectivity index (χ3v) is 6.07. The van der Waals surface area contributed by atoms with Crippen molar-refractivity contribution in [2.75, 3.05) is 5.32 Å². The van der Waals surface area contributed by atoms with Gasteiger partial charge in [0, 0.05) is 46.9 Å². The molecule has 1 atom stereocenters. The van der Waals surface area contributed by atoms with E-state index in [0.29, 0.717) is 22.3 Å². The summed E-state index contributed by atoms with van der Waals surface area (Å²) < 4.78 is 2.74. The number of imidazole rings is 1. The van der Waals surface area contributed by atoms with E-state index in [1.165, 1.54) is 0 Å². The van der Waals surface area contributed by atoms with Crippen LogP contribution in [0, 0.1) is 17.3 Å². The maximum atomic E-state index is 12.8. The largest absolute Gasteiger partial charge is 0.367 e. The van der Waals surface area contributed by atoms with Gasteiger partial charge in [0.2, 0.25) is 0 Å². The fourth-order valence-electron chi connectivity index (χ4n) is 3.22. The number of hydrogen-bond acceptors (Lipinski definition) is 4. The van der Waals surface area contributed by atoms with Crippen molar-refractivity contribution in [3.63, 3.8) is 0 Å². The lowest BCUT2D eigenvalue weighted by Gasteiger charge is -2.29. The first-order valence-electron chi connectivity index (χ1n) is 10.1. The molecule has 4 rings (SSSR count). The normalized spacial score (nSPS) is 12.6. The summed E-state index contributed by atoms with van der Waals surface area (Å²) in [5, 5.41) is 5.80. The Morgan fingerprint density at radius 1 is 1.23 bits per heavy atom. The van der Waals surface area contributed by atoms with Crippen LogP contribution in [-0.4, -0.2) is 25.6 Å². The summed E-state index contributed by atoms with van der Waals surface area (Å²) in [6, 6.07) is 6.06. The van der Waals surface area contributed by atoms with Crippen molar-refractivity contribution in [2.24, 2.45) is 12.5 Å². The Morgan fingerprint density at radius 2 is 2.00 bits per heavy atom. The summed E-state index contributed by atoms with van der Waals surface area (Å²) in [5.41, 5.74) is 1.06. The van der Waals surface area contributed by atoms with Gasteiger partial charge in [0.25, 0.3) is 5.56 Å². The van der Waals surface area contributed by atoms with E-state index in [1.54, 1.807) is 12.4 Å². The highest BCUT2D eigenvalue weighted by molar-refractivity contribution is 9.10. The molecule has 6 nitrogen and oxygen atoms in total. The zero-order valence-corrected chi connectivity index (χ0v) is 19.8. The van der Waals surface area contributed by atoms with E-state index in [4.69, 9.17) is 4.98 Å². The number of aryl methyl sites for hydroxylation is 1. The van der Waals surface area contributed by atoms with Crippen molar-refractivity contribution in [3.05, 3.63) is 63.0 Å². The van der Waals surface area contributed by atoms with Crippen LogP contribution in [0.2, 0.25) is 0 Å². The Morgan fingerprint density at radius 3 is 2.68 bits per heavy atom. The van der Waals surface area contributed by atoms with Gasteiger partial charge in [0.05, 0.1) is 16.5 Å². The molecule has 0 aliphatic heterocycles. The highest BCUT2D eigenvalue weighted by Crippen LogP contribution is 2.33. The first-order chi connectivity index (χ1) is 14.6. The van der Waals surface area contributed by atoms with Crippen LogP contribution in [0.5, 0.6) is 0 Å². The second-order valence-electron chi connectivity index (χ2n) is 8.75. The fourth-order valence-corrected chi connectivity index (χ4v) is 3.59. The number of nitrogens with zero attached hydrogens (tertiary/aromatic N) is 3. The molecular formula is C24H24BrN5O. The van der Waals surface area contributed by atoms with E-state index in [0.717, 1.165) is 21.1 Å². The number of pyridine rings is 2. The standard InChI is InChI=1S/C24H24BrN5O/c1-14(24(2,3)4)28-22-17-8-7-16(25)12-18(17)20-21(29-22)15(13-27-23(20)31)6-9-19-26-10-11-30(19)5/h7-8,10-14H,1-5H3,(H,27,31)(H,28,29). The summed E-state index contributed by atoms with van der Waals surface area (Å²) in [6.07, 6.45) is 5.16. The monoisotopic (exact) mass is 477 g/mol. The van der Waals surface area contributed by atoms with Gasteiger partial charge in [-0.05, 0) is 36.5 Å². The van der Waals surface area contributed by atoms with Gasteiger partial charge in [-0.3, -0.25) is 4.79 Å². The Balaban J connectivity index is 2.01. The van der Waals surface area contributed by atoms with Gasteiger partial charge < -0.3 is 14.9 Å². The number of benzene rings is 1. The van der Waals surface area contributed by atoms with E-state index in [9.17, 15) is 4.79 Å². The highest BCUT2D eigenvalue weighted by Gasteiger charge is 2.22. The minimum absolute atomic E-state index is 0.0350. The number of H-pyrrole nitrogens is 1. The summed E-state index contributed by atoms with van der Waals surface area (Å²) in [6.45, 7) is 8.67. The van der Waals surface area contributed by atoms with Crippen LogP contribution in [0.3, 0.4) is 0 Å². The number of halogens is 1. The van der Waals surface area contributed by atoms with Crippen molar-refractivity contribution in [1.29, 1.82) is 0 Å². The SMILES string of the molecule is CC(Nc1nc2c(C#Cc3nccn3C)c[nH]c(=O)c2c2cc(Br)ccc12)C(C)(C)C. The van der Waals surface area contributed by atoms with Crippen molar-refractivity contribution < 1.29 is 0 Å². The van der Waals surface area contributed by atoms with Crippen LogP contribution in [0.4, 0.5) is 5.82 Å². The quantitative estimate of drug-likeness (QED) is 0.320. The van der Waals surface area contributed by atoms with Crippen LogP contribution >= 0.6 is 15.9 Å². The molecule has 1 unspecified atom stereocenters. The molecule has 3 heterocycles. The zero-order valence-electron chi connectivity index (χ0n) is 18.2. The number of aromatic nitrogens is 4. The molecule has 0 fully saturated rings. The zero-order chi connectivity index (χ0) is 22.3. The molecule has 0 bridgehead atoms. The molecule has 0 aliphatic rings. The lowest BCUT2D eigenvalue weighted by Crippen LogP contribution is -2.31. The minimum atomic E-state index is -0.191. The number of fused-ring (bicyclic) bond motifs is 3. The summed E-state index contributed by atoms with van der Waals surface area (Å²) >= 11 is 3.54. The van der Waals surface area contributed by atoms with Gasteiger partial charge >= 0.3 is 0 Å². The van der Waals surface area contributed by atoms with Crippen molar-refractivity contribution in [2.45, 2.75) is 33.7 Å². The second-order valence-corrected chi connectivity index (χ2v) is 9.66. The van der Waals surface area contributed by atoms with Crippen molar-refractivity contribution in [3.8, 4) is 11.8 Å². The number of nitrogens with one attached hydrogen (secondary N) is 2. The molecule has 0 saturated carbocycles. The molecule has 158 valence electrons. The van der Waals surface area contributed by atoms with Gasteiger partial charge in [0.15, 0.2) is 5.82 Å². The minimum Gasteiger partial charge on any atom is -0.367 e. The molecule has 0 spiro atoms. The van der Waals surface area contributed by atoms with Gasteiger partial charge in [-0.15, -0.1) is 0 Å². The number of hydrogen-bond donors (Lipinski definition) is 2. The Hall–Kier alpha value is -3.11. The molecule has 0 radical (unpaired) electrons. The van der Waals surface area contributed by atoms with Crippen LogP contribution in [0.15, 0.2) is 46.1 Å². The Labute approximate surface area is 189 Å². The van der Waals surface area contributed by atoms with Gasteiger partial charge in [-0.25, -0.2) is 9.97 Å². The van der Waals surface area contributed by atoms with Crippen LogP contribution in [0.25, 0.3) is 21.7 Å². The van der Waals surface area contributed by atoms with Gasteiger partial charge in [-0.1, -0.05) is 42.6 Å². The van der Waals surface area contributed by atoms with Crippen LogP contribution < -0.4 is 10.9 Å². The molecule has 31 heavy (non-hydrogen) atoms. The molecule has 0 saturated heterocycles. The lowest BCUT2D eigenvalue weighted by atomic mass is 9.88. The third kappa shape index (κ3) is 4.08. The Kier molecular flexibility index (Phi) is 5.36. The van der Waals surface area contributed by atoms with E-state index < -0.39 is 0 Å². The predicted octanol–water partition coefficient (Wildman–Crippen LogP) is 4.82. The first kappa shape index (κ1) is 21.1. The summed E-state index contributed by atoms with van der Waals surface area (Å²) in [4.78, 5) is 24.8. The maximum absolute atomic E-state index is 12.8. The molecular weight excluding hydrogens is 454 g/mol. The highest BCUT2D eigenvalue weighted by atomic mass is 79.9. The van der Waals surface area contributed by atoms with Gasteiger partial charge in [-0.2, -0.15) is 0 Å². The van der Waals surface area contributed by atoms with Crippen molar-refractivity contribution >= 4 is 43.4 Å². The molecule has 0 aliphatic carbocycles. The number of aromatic amines is 1. The molecule has 3 aromatic heterocycles.